The van der Waals surface area contributed by atoms with Crippen molar-refractivity contribution < 1.29 is 5.11 Å². The van der Waals surface area contributed by atoms with E-state index in [4.69, 9.17) is 0 Å². The summed E-state index contributed by atoms with van der Waals surface area (Å²) in [5, 5.41) is 9.96. The Morgan fingerprint density at radius 3 is 2.77 bits per heavy atom. The predicted octanol–water partition coefficient (Wildman–Crippen LogP) is 1.37. The average Bonchev–Trinajstić information content (AvgIpc) is 2.41. The number of hydrogen-bond acceptors (Lipinski definition) is 2. The molecule has 0 unspecified atom stereocenters. The normalized spacial score (nSPS) is 16.3. The van der Waals surface area contributed by atoms with E-state index in [-0.39, 0.29) is 0 Å². The van der Waals surface area contributed by atoms with Crippen molar-refractivity contribution in [2.75, 3.05) is 0 Å². The summed E-state index contributed by atoms with van der Waals surface area (Å²) in [6, 6.07) is 0. The Morgan fingerprint density at radius 2 is 2.15 bits per heavy atom. The van der Waals surface area contributed by atoms with Crippen molar-refractivity contribution in [2.24, 2.45) is 0 Å². The minimum absolute atomic E-state index is 0.764. The molecule has 1 aromatic heterocycles. The summed E-state index contributed by atoms with van der Waals surface area (Å²) in [7, 11) is 0. The lowest BCUT2D eigenvalue weighted by atomic mass is 10.0. The summed E-state index contributed by atoms with van der Waals surface area (Å²) in [6.07, 6.45) is 2.21. The first-order chi connectivity index (χ1) is 6.00. The summed E-state index contributed by atoms with van der Waals surface area (Å²) in [6.45, 7) is 6.62. The number of aliphatic hydroxyl groups is 1. The van der Waals surface area contributed by atoms with E-state index in [0.717, 1.165) is 36.6 Å². The third-order valence-corrected chi connectivity index (χ3v) is 2.58. The lowest BCUT2D eigenvalue weighted by Crippen LogP contribution is -2.21. The van der Waals surface area contributed by atoms with Crippen LogP contribution >= 0.6 is 0 Å². The van der Waals surface area contributed by atoms with Crippen LogP contribution in [0.4, 0.5) is 0 Å². The van der Waals surface area contributed by atoms with E-state index in [1.165, 1.54) is 0 Å². The first kappa shape index (κ1) is 8.75. The van der Waals surface area contributed by atoms with E-state index in [1.54, 1.807) is 0 Å². The molecule has 1 N–H and O–H groups in total. The Morgan fingerprint density at radius 1 is 1.46 bits per heavy atom. The SMILES string of the molecule is Cc1nc2n(c1C(C)(C)O)CCC2. The van der Waals surface area contributed by atoms with Gasteiger partial charge in [0, 0.05) is 13.0 Å². The molecule has 2 heterocycles. The number of imidazole rings is 1. The van der Waals surface area contributed by atoms with E-state index in [2.05, 4.69) is 9.55 Å². The van der Waals surface area contributed by atoms with Gasteiger partial charge in [0.05, 0.1) is 11.4 Å². The highest BCUT2D eigenvalue weighted by Crippen LogP contribution is 2.28. The summed E-state index contributed by atoms with van der Waals surface area (Å²) < 4.78 is 2.16. The fraction of sp³-hybridized carbons (Fsp3) is 0.700. The zero-order chi connectivity index (χ0) is 9.64. The fourth-order valence-electron chi connectivity index (χ4n) is 2.23. The Kier molecular flexibility index (Phi) is 1.74. The van der Waals surface area contributed by atoms with Gasteiger partial charge in [-0.1, -0.05) is 0 Å². The summed E-state index contributed by atoms with van der Waals surface area (Å²) in [5.41, 5.74) is 1.20. The van der Waals surface area contributed by atoms with Crippen molar-refractivity contribution >= 4 is 0 Å². The lowest BCUT2D eigenvalue weighted by molar-refractivity contribution is 0.0692. The quantitative estimate of drug-likeness (QED) is 0.708. The molecule has 0 fully saturated rings. The summed E-state index contributed by atoms with van der Waals surface area (Å²) >= 11 is 0. The number of fused-ring (bicyclic) bond motifs is 1. The average molecular weight is 180 g/mol. The van der Waals surface area contributed by atoms with Crippen molar-refractivity contribution in [3.05, 3.63) is 17.2 Å². The Labute approximate surface area is 78.4 Å². The van der Waals surface area contributed by atoms with Gasteiger partial charge in [0.1, 0.15) is 11.4 Å². The molecule has 0 aromatic carbocycles. The lowest BCUT2D eigenvalue weighted by Gasteiger charge is -2.19. The van der Waals surface area contributed by atoms with Crippen LogP contribution in [0.5, 0.6) is 0 Å². The predicted molar refractivity (Wildman–Crippen MR) is 50.5 cm³/mol. The molecule has 0 saturated heterocycles. The molecule has 0 radical (unpaired) electrons. The van der Waals surface area contributed by atoms with Crippen molar-refractivity contribution in [1.29, 1.82) is 0 Å². The van der Waals surface area contributed by atoms with E-state index < -0.39 is 5.60 Å². The van der Waals surface area contributed by atoms with E-state index in [9.17, 15) is 5.11 Å². The number of rotatable bonds is 1. The van der Waals surface area contributed by atoms with E-state index >= 15 is 0 Å². The molecule has 1 aromatic rings. The highest BCUT2D eigenvalue weighted by Gasteiger charge is 2.28. The number of aryl methyl sites for hydroxylation is 2. The molecule has 0 bridgehead atoms. The minimum Gasteiger partial charge on any atom is -0.384 e. The molecule has 3 heteroatoms. The molecule has 72 valence electrons. The first-order valence-electron chi connectivity index (χ1n) is 4.79. The van der Waals surface area contributed by atoms with Crippen LogP contribution in [0.3, 0.4) is 0 Å². The topological polar surface area (TPSA) is 38.0 Å². The van der Waals surface area contributed by atoms with Gasteiger partial charge in [-0.05, 0) is 27.2 Å². The Bertz CT molecular complexity index is 333. The molecule has 0 spiro atoms. The van der Waals surface area contributed by atoms with Gasteiger partial charge in [0.2, 0.25) is 0 Å². The van der Waals surface area contributed by atoms with Crippen LogP contribution in [0.1, 0.15) is 37.5 Å². The van der Waals surface area contributed by atoms with Gasteiger partial charge in [-0.3, -0.25) is 0 Å². The standard InChI is InChI=1S/C10H16N2O/c1-7-9(10(2,3)13)12-6-4-5-8(12)11-7/h13H,4-6H2,1-3H3. The number of hydrogen-bond donors (Lipinski definition) is 1. The summed E-state index contributed by atoms with van der Waals surface area (Å²) in [5.74, 6) is 1.13. The van der Waals surface area contributed by atoms with Crippen molar-refractivity contribution in [1.82, 2.24) is 9.55 Å². The van der Waals surface area contributed by atoms with Crippen LogP contribution in [-0.4, -0.2) is 14.7 Å². The van der Waals surface area contributed by atoms with E-state index in [0.29, 0.717) is 0 Å². The van der Waals surface area contributed by atoms with Gasteiger partial charge in [-0.15, -0.1) is 0 Å². The Hall–Kier alpha value is -0.830. The molecule has 0 aliphatic carbocycles. The second kappa shape index (κ2) is 2.58. The third kappa shape index (κ3) is 1.27. The molecule has 2 rings (SSSR count). The fourth-order valence-corrected chi connectivity index (χ4v) is 2.23. The van der Waals surface area contributed by atoms with Gasteiger partial charge >= 0.3 is 0 Å². The van der Waals surface area contributed by atoms with Crippen molar-refractivity contribution in [3.8, 4) is 0 Å². The van der Waals surface area contributed by atoms with Crippen LogP contribution in [0.25, 0.3) is 0 Å². The highest BCUT2D eigenvalue weighted by molar-refractivity contribution is 5.23. The zero-order valence-electron chi connectivity index (χ0n) is 8.46. The van der Waals surface area contributed by atoms with Gasteiger partial charge in [0.15, 0.2) is 0 Å². The second-order valence-electron chi connectivity index (χ2n) is 4.28. The van der Waals surface area contributed by atoms with Crippen molar-refractivity contribution in [2.45, 2.75) is 45.8 Å². The monoisotopic (exact) mass is 180 g/mol. The van der Waals surface area contributed by atoms with Gasteiger partial charge in [0.25, 0.3) is 0 Å². The molecule has 1 aliphatic heterocycles. The molecular formula is C10H16N2O. The first-order valence-corrected chi connectivity index (χ1v) is 4.79. The molecule has 0 atom stereocenters. The smallest absolute Gasteiger partial charge is 0.109 e. The molecular weight excluding hydrogens is 164 g/mol. The van der Waals surface area contributed by atoms with Crippen LogP contribution in [0.2, 0.25) is 0 Å². The van der Waals surface area contributed by atoms with Gasteiger partial charge in [-0.25, -0.2) is 4.98 Å². The molecule has 0 amide bonds. The largest absolute Gasteiger partial charge is 0.384 e. The Balaban J connectivity index is 2.56. The summed E-state index contributed by atoms with van der Waals surface area (Å²) in [4.78, 5) is 4.46. The molecule has 1 aliphatic rings. The van der Waals surface area contributed by atoms with Crippen LogP contribution < -0.4 is 0 Å². The van der Waals surface area contributed by atoms with E-state index in [1.807, 2.05) is 20.8 Å². The zero-order valence-corrected chi connectivity index (χ0v) is 8.46. The number of aromatic nitrogens is 2. The molecule has 13 heavy (non-hydrogen) atoms. The maximum atomic E-state index is 9.96. The maximum Gasteiger partial charge on any atom is 0.109 e. The molecule has 0 saturated carbocycles. The van der Waals surface area contributed by atoms with Gasteiger partial charge in [-0.2, -0.15) is 0 Å². The highest BCUT2D eigenvalue weighted by atomic mass is 16.3. The van der Waals surface area contributed by atoms with Gasteiger partial charge < -0.3 is 9.67 Å². The molecule has 3 nitrogen and oxygen atoms in total. The third-order valence-electron chi connectivity index (χ3n) is 2.58. The minimum atomic E-state index is -0.764. The van der Waals surface area contributed by atoms with Crippen LogP contribution in [-0.2, 0) is 18.6 Å². The second-order valence-corrected chi connectivity index (χ2v) is 4.28. The van der Waals surface area contributed by atoms with Crippen molar-refractivity contribution in [3.63, 3.8) is 0 Å². The number of nitrogens with zero attached hydrogens (tertiary/aromatic N) is 2. The maximum absolute atomic E-state index is 9.96. The van der Waals surface area contributed by atoms with Crippen LogP contribution in [0, 0.1) is 6.92 Å². The van der Waals surface area contributed by atoms with Crippen LogP contribution in [0.15, 0.2) is 0 Å².